The Balaban J connectivity index is 1.27. The molecule has 1 N–H and O–H groups in total. The first-order valence-corrected chi connectivity index (χ1v) is 15.6. The Bertz CT molecular complexity index is 1530. The lowest BCUT2D eigenvalue weighted by Crippen LogP contribution is -2.53. The third-order valence-corrected chi connectivity index (χ3v) is 9.26. The average Bonchev–Trinajstić information content (AvgIpc) is 3.55. The van der Waals surface area contributed by atoms with Crippen LogP contribution in [-0.4, -0.2) is 71.4 Å². The summed E-state index contributed by atoms with van der Waals surface area (Å²) in [5.41, 5.74) is 0.749. The molecule has 0 saturated carbocycles. The third-order valence-electron chi connectivity index (χ3n) is 7.48. The van der Waals surface area contributed by atoms with Crippen molar-refractivity contribution >= 4 is 27.6 Å². The van der Waals surface area contributed by atoms with Crippen molar-refractivity contribution in [3.05, 3.63) is 90.3 Å². The lowest BCUT2D eigenvalue weighted by Gasteiger charge is -2.29. The van der Waals surface area contributed by atoms with Crippen molar-refractivity contribution in [3.8, 4) is 11.5 Å². The molecule has 42 heavy (non-hydrogen) atoms. The molecule has 0 spiro atoms. The van der Waals surface area contributed by atoms with Crippen molar-refractivity contribution in [2.24, 2.45) is 5.92 Å². The van der Waals surface area contributed by atoms with E-state index in [2.05, 4.69) is 10.3 Å². The number of aromatic nitrogens is 1. The molecule has 0 bridgehead atoms. The molecule has 1 aromatic heterocycles. The number of Topliss-reactive ketones (excluding diaryl/α,β-unsaturated/α-hetero) is 1. The van der Waals surface area contributed by atoms with E-state index in [0.717, 1.165) is 0 Å². The molecular weight excluding hydrogens is 556 g/mol. The summed E-state index contributed by atoms with van der Waals surface area (Å²) in [6.07, 6.45) is 2.23. The molecule has 3 atom stereocenters. The van der Waals surface area contributed by atoms with Gasteiger partial charge in [-0.25, -0.2) is 8.42 Å². The van der Waals surface area contributed by atoms with E-state index in [-0.39, 0.29) is 36.5 Å². The van der Waals surface area contributed by atoms with Gasteiger partial charge in [0, 0.05) is 18.3 Å². The Labute approximate surface area is 245 Å². The van der Waals surface area contributed by atoms with Gasteiger partial charge in [0.1, 0.15) is 29.3 Å². The van der Waals surface area contributed by atoms with Crippen LogP contribution in [0.5, 0.6) is 11.5 Å². The highest BCUT2D eigenvalue weighted by atomic mass is 32.2. The maximum atomic E-state index is 13.8. The summed E-state index contributed by atoms with van der Waals surface area (Å²) >= 11 is 0. The molecule has 2 amide bonds. The number of carbonyl (C=O) groups is 3. The summed E-state index contributed by atoms with van der Waals surface area (Å²) < 4.78 is 33.5. The molecule has 2 aliphatic heterocycles. The fraction of sp³-hybridized carbons (Fsp3) is 0.355. The molecule has 3 heterocycles. The molecule has 2 fully saturated rings. The van der Waals surface area contributed by atoms with E-state index in [4.69, 9.17) is 4.74 Å². The van der Waals surface area contributed by atoms with Crippen molar-refractivity contribution in [1.82, 2.24) is 19.5 Å². The molecule has 2 saturated heterocycles. The summed E-state index contributed by atoms with van der Waals surface area (Å²) in [4.78, 5) is 45.7. The fourth-order valence-electron chi connectivity index (χ4n) is 5.57. The molecule has 3 aromatic rings. The monoisotopic (exact) mass is 590 g/mol. The van der Waals surface area contributed by atoms with E-state index in [1.807, 2.05) is 44.2 Å². The minimum atomic E-state index is -3.84. The molecule has 0 aliphatic carbocycles. The smallest absolute Gasteiger partial charge is 0.251 e. The van der Waals surface area contributed by atoms with Crippen LogP contribution in [0.2, 0.25) is 0 Å². The number of benzene rings is 2. The molecule has 220 valence electrons. The van der Waals surface area contributed by atoms with E-state index < -0.39 is 34.1 Å². The minimum absolute atomic E-state index is 0.0776. The first-order valence-electron chi connectivity index (χ1n) is 14.0. The van der Waals surface area contributed by atoms with Gasteiger partial charge in [-0.1, -0.05) is 38.1 Å². The van der Waals surface area contributed by atoms with Crippen LogP contribution >= 0.6 is 0 Å². The van der Waals surface area contributed by atoms with Gasteiger partial charge in [0.15, 0.2) is 5.78 Å². The van der Waals surface area contributed by atoms with Gasteiger partial charge in [-0.05, 0) is 67.3 Å². The zero-order valence-electron chi connectivity index (χ0n) is 23.5. The van der Waals surface area contributed by atoms with Crippen LogP contribution in [0.15, 0.2) is 79.0 Å². The minimum Gasteiger partial charge on any atom is -0.457 e. The number of para-hydroxylation sites is 1. The van der Waals surface area contributed by atoms with Gasteiger partial charge >= 0.3 is 0 Å². The van der Waals surface area contributed by atoms with Gasteiger partial charge in [-0.15, -0.1) is 0 Å². The molecule has 11 heteroatoms. The summed E-state index contributed by atoms with van der Waals surface area (Å²) in [6.45, 7) is 3.83. The Hall–Kier alpha value is -4.09. The molecule has 3 unspecified atom stereocenters. The van der Waals surface area contributed by atoms with Gasteiger partial charge in [0.05, 0.1) is 18.3 Å². The van der Waals surface area contributed by atoms with Crippen molar-refractivity contribution in [2.75, 3.05) is 13.1 Å². The molecule has 10 nitrogen and oxygen atoms in total. The largest absolute Gasteiger partial charge is 0.457 e. The fourth-order valence-corrected chi connectivity index (χ4v) is 7.24. The number of rotatable bonds is 10. The summed E-state index contributed by atoms with van der Waals surface area (Å²) in [5.74, 6) is -0.129. The number of carbonyl (C=O) groups excluding carboxylic acids is 3. The molecule has 5 rings (SSSR count). The van der Waals surface area contributed by atoms with Crippen molar-refractivity contribution < 1.29 is 27.5 Å². The topological polar surface area (TPSA) is 126 Å². The second-order valence-corrected chi connectivity index (χ2v) is 12.9. The van der Waals surface area contributed by atoms with E-state index in [1.165, 1.54) is 15.4 Å². The highest BCUT2D eigenvalue weighted by molar-refractivity contribution is 7.88. The van der Waals surface area contributed by atoms with Gasteiger partial charge < -0.3 is 15.0 Å². The molecule has 2 aromatic carbocycles. The van der Waals surface area contributed by atoms with Crippen LogP contribution < -0.4 is 10.1 Å². The van der Waals surface area contributed by atoms with Crippen LogP contribution in [0.3, 0.4) is 0 Å². The quantitative estimate of drug-likeness (QED) is 0.384. The Morgan fingerprint density at radius 1 is 1.00 bits per heavy atom. The van der Waals surface area contributed by atoms with Gasteiger partial charge in [-0.3, -0.25) is 19.4 Å². The van der Waals surface area contributed by atoms with Crippen molar-refractivity contribution in [2.45, 2.75) is 50.6 Å². The lowest BCUT2D eigenvalue weighted by molar-refractivity contribution is -0.138. The third kappa shape index (κ3) is 6.52. The highest BCUT2D eigenvalue weighted by Crippen LogP contribution is 2.33. The molecule has 2 aliphatic rings. The first kappa shape index (κ1) is 29.4. The number of amides is 2. The number of ether oxygens (including phenoxy) is 1. The van der Waals surface area contributed by atoms with Crippen LogP contribution in [0.4, 0.5) is 0 Å². The number of likely N-dealkylation sites (tertiary alicyclic amines) is 1. The van der Waals surface area contributed by atoms with Crippen molar-refractivity contribution in [3.63, 3.8) is 0 Å². The zero-order valence-corrected chi connectivity index (χ0v) is 24.4. The normalized spacial score (nSPS) is 19.5. The van der Waals surface area contributed by atoms with Crippen molar-refractivity contribution in [1.29, 1.82) is 0 Å². The first-order chi connectivity index (χ1) is 20.1. The number of sulfonamides is 1. The Morgan fingerprint density at radius 2 is 1.69 bits per heavy atom. The number of hydrogen-bond donors (Lipinski definition) is 1. The standard InChI is InChI=1S/C31H34N4O6S/c1-21(2)18-26(33-30(37)22-11-13-25(14-12-22)41-24-9-4-3-5-10-24)31(38)34-17-15-27-29(34)28(36)19-35(27)42(39,40)20-23-8-6-7-16-32-23/h3-14,16,21,26-27,29H,15,17-20H2,1-2H3,(H,33,37). The summed E-state index contributed by atoms with van der Waals surface area (Å²) in [7, 11) is -3.84. The number of hydrogen-bond acceptors (Lipinski definition) is 7. The van der Waals surface area contributed by atoms with Crippen LogP contribution in [0.1, 0.15) is 42.7 Å². The summed E-state index contributed by atoms with van der Waals surface area (Å²) in [6, 6.07) is 18.6. The average molecular weight is 591 g/mol. The second kappa shape index (κ2) is 12.4. The van der Waals surface area contributed by atoms with Gasteiger partial charge in [-0.2, -0.15) is 4.31 Å². The lowest BCUT2D eigenvalue weighted by atomic mass is 10.0. The second-order valence-electron chi connectivity index (χ2n) is 11.0. The number of nitrogens with one attached hydrogen (secondary N) is 1. The maximum absolute atomic E-state index is 13.8. The van der Waals surface area contributed by atoms with E-state index in [1.54, 1.807) is 42.5 Å². The summed E-state index contributed by atoms with van der Waals surface area (Å²) in [5, 5.41) is 2.86. The highest BCUT2D eigenvalue weighted by Gasteiger charge is 2.54. The van der Waals surface area contributed by atoms with E-state index in [9.17, 15) is 22.8 Å². The predicted molar refractivity (Wildman–Crippen MR) is 156 cm³/mol. The van der Waals surface area contributed by atoms with Crippen LogP contribution in [-0.2, 0) is 25.4 Å². The Kier molecular flexibility index (Phi) is 8.69. The van der Waals surface area contributed by atoms with Gasteiger partial charge in [0.25, 0.3) is 5.91 Å². The molecular formula is C31H34N4O6S. The SMILES string of the molecule is CC(C)CC(NC(=O)c1ccc(Oc2ccccc2)cc1)C(=O)N1CCC2C1C(=O)CN2S(=O)(=O)Cc1ccccn1. The van der Waals surface area contributed by atoms with E-state index in [0.29, 0.717) is 35.6 Å². The number of ketones is 1. The van der Waals surface area contributed by atoms with E-state index >= 15 is 0 Å². The number of nitrogens with zero attached hydrogens (tertiary/aromatic N) is 3. The van der Waals surface area contributed by atoms with Crippen LogP contribution in [0.25, 0.3) is 0 Å². The maximum Gasteiger partial charge on any atom is 0.251 e. The van der Waals surface area contributed by atoms with Crippen LogP contribution in [0, 0.1) is 5.92 Å². The molecule has 0 radical (unpaired) electrons. The Morgan fingerprint density at radius 3 is 2.36 bits per heavy atom. The predicted octanol–water partition coefficient (Wildman–Crippen LogP) is 3.40. The van der Waals surface area contributed by atoms with Gasteiger partial charge in [0.2, 0.25) is 15.9 Å². The number of pyridine rings is 1. The zero-order chi connectivity index (χ0) is 29.9. The number of fused-ring (bicyclic) bond motifs is 1.